The summed E-state index contributed by atoms with van der Waals surface area (Å²) in [6.45, 7) is 0.560. The SMILES string of the molecule is Cn1c(NCc2ccccc2)nc2cc(C(F)(F)F)ccc21. The summed E-state index contributed by atoms with van der Waals surface area (Å²) in [5.74, 6) is 0.540. The number of aromatic nitrogens is 2. The van der Waals surface area contributed by atoms with E-state index < -0.39 is 11.7 Å². The molecule has 6 heteroatoms. The monoisotopic (exact) mass is 305 g/mol. The number of anilines is 1. The van der Waals surface area contributed by atoms with Crippen LogP contribution < -0.4 is 5.32 Å². The van der Waals surface area contributed by atoms with Gasteiger partial charge in [0.15, 0.2) is 0 Å². The Kier molecular flexibility index (Phi) is 3.52. The van der Waals surface area contributed by atoms with Gasteiger partial charge < -0.3 is 9.88 Å². The van der Waals surface area contributed by atoms with Gasteiger partial charge in [-0.3, -0.25) is 0 Å². The summed E-state index contributed by atoms with van der Waals surface area (Å²) in [4.78, 5) is 4.25. The molecule has 0 aliphatic carbocycles. The molecular weight excluding hydrogens is 291 g/mol. The lowest BCUT2D eigenvalue weighted by atomic mass is 10.2. The van der Waals surface area contributed by atoms with Crippen LogP contribution in [0, 0.1) is 0 Å². The van der Waals surface area contributed by atoms with Gasteiger partial charge in [0, 0.05) is 13.6 Å². The van der Waals surface area contributed by atoms with Crippen LogP contribution in [0.5, 0.6) is 0 Å². The number of hydrogen-bond donors (Lipinski definition) is 1. The zero-order valence-corrected chi connectivity index (χ0v) is 11.9. The van der Waals surface area contributed by atoms with Crippen LogP contribution in [-0.4, -0.2) is 9.55 Å². The van der Waals surface area contributed by atoms with E-state index in [2.05, 4.69) is 10.3 Å². The van der Waals surface area contributed by atoms with E-state index in [0.29, 0.717) is 23.5 Å². The molecule has 0 amide bonds. The van der Waals surface area contributed by atoms with Gasteiger partial charge in [0.25, 0.3) is 0 Å². The molecule has 1 heterocycles. The van der Waals surface area contributed by atoms with Crippen LogP contribution >= 0.6 is 0 Å². The molecule has 0 aliphatic heterocycles. The Balaban J connectivity index is 1.89. The van der Waals surface area contributed by atoms with Crippen molar-refractivity contribution in [2.75, 3.05) is 5.32 Å². The smallest absolute Gasteiger partial charge is 0.352 e. The molecule has 0 saturated carbocycles. The summed E-state index contributed by atoms with van der Waals surface area (Å²) in [5, 5.41) is 3.15. The third kappa shape index (κ3) is 2.77. The maximum Gasteiger partial charge on any atom is 0.416 e. The molecule has 0 spiro atoms. The fraction of sp³-hybridized carbons (Fsp3) is 0.188. The van der Waals surface area contributed by atoms with Gasteiger partial charge in [0.2, 0.25) is 5.95 Å². The summed E-state index contributed by atoms with van der Waals surface area (Å²) in [6, 6.07) is 13.3. The number of nitrogens with zero attached hydrogens (tertiary/aromatic N) is 2. The van der Waals surface area contributed by atoms with Crippen LogP contribution in [0.2, 0.25) is 0 Å². The third-order valence-corrected chi connectivity index (χ3v) is 3.50. The normalized spacial score (nSPS) is 11.8. The lowest BCUT2D eigenvalue weighted by Crippen LogP contribution is -2.05. The van der Waals surface area contributed by atoms with Crippen molar-refractivity contribution in [3.63, 3.8) is 0 Å². The van der Waals surface area contributed by atoms with Gasteiger partial charge in [-0.2, -0.15) is 13.2 Å². The largest absolute Gasteiger partial charge is 0.416 e. The fourth-order valence-electron chi connectivity index (χ4n) is 2.31. The van der Waals surface area contributed by atoms with E-state index in [1.807, 2.05) is 30.3 Å². The standard InChI is InChI=1S/C16H14F3N3/c1-22-14-8-7-12(16(17,18)19)9-13(14)21-15(22)20-10-11-5-3-2-4-6-11/h2-9H,10H2,1H3,(H,20,21). The molecule has 1 aromatic heterocycles. The lowest BCUT2D eigenvalue weighted by Gasteiger charge is -2.06. The summed E-state index contributed by atoms with van der Waals surface area (Å²) < 4.78 is 40.0. The van der Waals surface area contributed by atoms with Crippen molar-refractivity contribution in [3.8, 4) is 0 Å². The molecule has 1 N–H and O–H groups in total. The number of alkyl halides is 3. The van der Waals surface area contributed by atoms with Crippen molar-refractivity contribution in [1.29, 1.82) is 0 Å². The molecule has 0 unspecified atom stereocenters. The van der Waals surface area contributed by atoms with E-state index in [0.717, 1.165) is 17.7 Å². The van der Waals surface area contributed by atoms with Crippen LogP contribution in [0.4, 0.5) is 19.1 Å². The quantitative estimate of drug-likeness (QED) is 0.786. The zero-order valence-electron chi connectivity index (χ0n) is 11.9. The molecule has 0 bridgehead atoms. The second kappa shape index (κ2) is 5.36. The summed E-state index contributed by atoms with van der Waals surface area (Å²) in [7, 11) is 1.77. The first-order valence-electron chi connectivity index (χ1n) is 6.76. The molecule has 22 heavy (non-hydrogen) atoms. The first-order valence-corrected chi connectivity index (χ1v) is 6.76. The molecule has 114 valence electrons. The number of rotatable bonds is 3. The van der Waals surface area contributed by atoms with Crippen molar-refractivity contribution < 1.29 is 13.2 Å². The van der Waals surface area contributed by atoms with Gasteiger partial charge >= 0.3 is 6.18 Å². The number of nitrogens with one attached hydrogen (secondary N) is 1. The topological polar surface area (TPSA) is 29.9 Å². The van der Waals surface area contributed by atoms with Crippen LogP contribution in [0.15, 0.2) is 48.5 Å². The van der Waals surface area contributed by atoms with Crippen molar-refractivity contribution in [3.05, 3.63) is 59.7 Å². The molecule has 0 aliphatic rings. The highest BCUT2D eigenvalue weighted by Crippen LogP contribution is 2.31. The minimum atomic E-state index is -4.36. The molecule has 3 nitrogen and oxygen atoms in total. The van der Waals surface area contributed by atoms with Crippen molar-refractivity contribution >= 4 is 17.0 Å². The van der Waals surface area contributed by atoms with Gasteiger partial charge in [0.1, 0.15) is 0 Å². The Morgan fingerprint density at radius 3 is 2.50 bits per heavy atom. The van der Waals surface area contributed by atoms with Crippen molar-refractivity contribution in [1.82, 2.24) is 9.55 Å². The Morgan fingerprint density at radius 1 is 1.09 bits per heavy atom. The average Bonchev–Trinajstić information content (AvgIpc) is 2.81. The Bertz CT molecular complexity index is 791. The summed E-state index contributed by atoms with van der Waals surface area (Å²) >= 11 is 0. The highest BCUT2D eigenvalue weighted by atomic mass is 19.4. The molecule has 3 rings (SSSR count). The lowest BCUT2D eigenvalue weighted by molar-refractivity contribution is -0.137. The number of fused-ring (bicyclic) bond motifs is 1. The van der Waals surface area contributed by atoms with E-state index in [4.69, 9.17) is 0 Å². The van der Waals surface area contributed by atoms with Crippen LogP contribution in [0.3, 0.4) is 0 Å². The number of halogens is 3. The molecule has 0 atom stereocenters. The molecule has 3 aromatic rings. The first kappa shape index (κ1) is 14.4. The molecular formula is C16H14F3N3. The van der Waals surface area contributed by atoms with E-state index in [1.54, 1.807) is 11.6 Å². The zero-order chi connectivity index (χ0) is 15.7. The first-order chi connectivity index (χ1) is 10.4. The highest BCUT2D eigenvalue weighted by Gasteiger charge is 2.30. The van der Waals surface area contributed by atoms with E-state index in [1.165, 1.54) is 6.07 Å². The predicted octanol–water partition coefficient (Wildman–Crippen LogP) is 4.20. The second-order valence-corrected chi connectivity index (χ2v) is 5.03. The molecule has 0 radical (unpaired) electrons. The maximum absolute atomic E-state index is 12.7. The van der Waals surface area contributed by atoms with Gasteiger partial charge in [-0.15, -0.1) is 0 Å². The van der Waals surface area contributed by atoms with E-state index >= 15 is 0 Å². The van der Waals surface area contributed by atoms with Crippen molar-refractivity contribution in [2.45, 2.75) is 12.7 Å². The van der Waals surface area contributed by atoms with Crippen molar-refractivity contribution in [2.24, 2.45) is 7.05 Å². The maximum atomic E-state index is 12.7. The van der Waals surface area contributed by atoms with Gasteiger partial charge in [-0.25, -0.2) is 4.98 Å². The number of benzene rings is 2. The van der Waals surface area contributed by atoms with Gasteiger partial charge in [0.05, 0.1) is 16.6 Å². The third-order valence-electron chi connectivity index (χ3n) is 3.50. The number of imidazole rings is 1. The Morgan fingerprint density at radius 2 is 1.82 bits per heavy atom. The van der Waals surface area contributed by atoms with Gasteiger partial charge in [-0.05, 0) is 23.8 Å². The van der Waals surface area contributed by atoms with Gasteiger partial charge in [-0.1, -0.05) is 30.3 Å². The predicted molar refractivity (Wildman–Crippen MR) is 79.5 cm³/mol. The Hall–Kier alpha value is -2.50. The minimum Gasteiger partial charge on any atom is -0.352 e. The summed E-state index contributed by atoms with van der Waals surface area (Å²) in [6.07, 6.45) is -4.36. The second-order valence-electron chi connectivity index (χ2n) is 5.03. The summed E-state index contributed by atoms with van der Waals surface area (Å²) in [5.41, 5.74) is 1.37. The van der Waals surface area contributed by atoms with E-state index in [-0.39, 0.29) is 0 Å². The minimum absolute atomic E-state index is 0.327. The van der Waals surface area contributed by atoms with Crippen LogP contribution in [-0.2, 0) is 19.8 Å². The molecule has 0 fully saturated rings. The average molecular weight is 305 g/mol. The van der Waals surface area contributed by atoms with Crippen LogP contribution in [0.1, 0.15) is 11.1 Å². The molecule has 0 saturated heterocycles. The van der Waals surface area contributed by atoms with Crippen LogP contribution in [0.25, 0.3) is 11.0 Å². The van der Waals surface area contributed by atoms with E-state index in [9.17, 15) is 13.2 Å². The number of aryl methyl sites for hydroxylation is 1. The number of hydrogen-bond acceptors (Lipinski definition) is 2. The molecule has 2 aromatic carbocycles. The highest BCUT2D eigenvalue weighted by molar-refractivity contribution is 5.79. The fourth-order valence-corrected chi connectivity index (χ4v) is 2.31. The Labute approximate surface area is 125 Å².